The van der Waals surface area contributed by atoms with Crippen molar-refractivity contribution >= 4 is 28.7 Å². The summed E-state index contributed by atoms with van der Waals surface area (Å²) in [5, 5.41) is 13.4. The van der Waals surface area contributed by atoms with Crippen molar-refractivity contribution in [1.29, 1.82) is 0 Å². The smallest absolute Gasteiger partial charge is 0.319 e. The van der Waals surface area contributed by atoms with Crippen molar-refractivity contribution in [1.82, 2.24) is 25.4 Å². The van der Waals surface area contributed by atoms with Crippen LogP contribution in [-0.2, 0) is 11.8 Å². The summed E-state index contributed by atoms with van der Waals surface area (Å²) in [6.07, 6.45) is 4.08. The molecule has 3 amide bonds. The van der Waals surface area contributed by atoms with Crippen molar-refractivity contribution in [2.75, 3.05) is 11.9 Å². The molecule has 8 nitrogen and oxygen atoms in total. The minimum Gasteiger partial charge on any atom is -0.354 e. The Balaban J connectivity index is 1.70. The number of fused-ring (bicyclic) bond motifs is 1. The van der Waals surface area contributed by atoms with Crippen molar-refractivity contribution in [2.24, 2.45) is 7.05 Å². The van der Waals surface area contributed by atoms with Crippen molar-refractivity contribution in [3.05, 3.63) is 18.0 Å². The molecule has 1 saturated heterocycles. The lowest BCUT2D eigenvalue weighted by molar-refractivity contribution is -0.122. The number of hydrogen-bond donors (Lipinski definition) is 3. The first-order chi connectivity index (χ1) is 11.0. The quantitative estimate of drug-likeness (QED) is 0.771. The fraction of sp³-hybridized carbons (Fsp3) is 0.467. The van der Waals surface area contributed by atoms with E-state index in [4.69, 9.17) is 0 Å². The van der Waals surface area contributed by atoms with E-state index in [1.165, 1.54) is 0 Å². The molecule has 0 saturated carbocycles. The molecule has 1 unspecified atom stereocenters. The number of nitrogens with one attached hydrogen (secondary N) is 3. The largest absolute Gasteiger partial charge is 0.354 e. The Labute approximate surface area is 133 Å². The monoisotopic (exact) mass is 316 g/mol. The van der Waals surface area contributed by atoms with Crippen molar-refractivity contribution in [3.8, 4) is 0 Å². The molecule has 2 aromatic rings. The van der Waals surface area contributed by atoms with Gasteiger partial charge >= 0.3 is 6.03 Å². The molecular formula is C15H20N6O2. The van der Waals surface area contributed by atoms with E-state index in [2.05, 4.69) is 26.0 Å². The van der Waals surface area contributed by atoms with Crippen LogP contribution in [0.1, 0.15) is 25.0 Å². The van der Waals surface area contributed by atoms with Crippen LogP contribution in [0.25, 0.3) is 11.0 Å². The maximum absolute atomic E-state index is 12.1. The molecule has 122 valence electrons. The van der Waals surface area contributed by atoms with Crippen LogP contribution >= 0.6 is 0 Å². The van der Waals surface area contributed by atoms with Gasteiger partial charge in [0.05, 0.1) is 17.6 Å². The molecule has 0 radical (unpaired) electrons. The number of anilines is 1. The third kappa shape index (κ3) is 3.25. The van der Waals surface area contributed by atoms with Gasteiger partial charge in [0.25, 0.3) is 0 Å². The second-order valence-corrected chi connectivity index (χ2v) is 5.74. The molecule has 2 aromatic heterocycles. The van der Waals surface area contributed by atoms with E-state index in [-0.39, 0.29) is 5.91 Å². The minimum atomic E-state index is -0.491. The molecule has 1 atom stereocenters. The van der Waals surface area contributed by atoms with E-state index in [0.29, 0.717) is 18.7 Å². The number of rotatable bonds is 2. The average Bonchev–Trinajstić information content (AvgIpc) is 2.67. The molecule has 23 heavy (non-hydrogen) atoms. The lowest BCUT2D eigenvalue weighted by atomic mass is 10.1. The Bertz CT molecular complexity index is 754. The summed E-state index contributed by atoms with van der Waals surface area (Å²) in [5.74, 6) is -0.130. The standard InChI is InChI=1S/C15H20N6O2/c1-9-11-7-10(8-17-13(11)21(2)20-9)18-15(23)19-12-5-3-4-6-16-14(12)22/h7-8,12H,3-6H2,1-2H3,(H,16,22)(H2,18,19,23). The second-order valence-electron chi connectivity index (χ2n) is 5.74. The first-order valence-electron chi connectivity index (χ1n) is 7.69. The number of urea groups is 1. The molecule has 1 fully saturated rings. The highest BCUT2D eigenvalue weighted by atomic mass is 16.2. The van der Waals surface area contributed by atoms with Crippen molar-refractivity contribution < 1.29 is 9.59 Å². The number of hydrogen-bond acceptors (Lipinski definition) is 4. The van der Waals surface area contributed by atoms with Gasteiger partial charge in [0.2, 0.25) is 5.91 Å². The van der Waals surface area contributed by atoms with Gasteiger partial charge in [-0.05, 0) is 32.3 Å². The van der Waals surface area contributed by atoms with E-state index < -0.39 is 12.1 Å². The van der Waals surface area contributed by atoms with Crippen molar-refractivity contribution in [2.45, 2.75) is 32.2 Å². The van der Waals surface area contributed by atoms with Gasteiger partial charge in [-0.15, -0.1) is 0 Å². The Morgan fingerprint density at radius 3 is 3.09 bits per heavy atom. The summed E-state index contributed by atoms with van der Waals surface area (Å²) in [5.41, 5.74) is 2.18. The number of pyridine rings is 1. The second kappa shape index (κ2) is 6.23. The topological polar surface area (TPSA) is 101 Å². The molecule has 0 aliphatic carbocycles. The van der Waals surface area contributed by atoms with Crippen molar-refractivity contribution in [3.63, 3.8) is 0 Å². The first kappa shape index (κ1) is 15.3. The van der Waals surface area contributed by atoms with Crippen LogP contribution in [0.4, 0.5) is 10.5 Å². The Kier molecular flexibility index (Phi) is 4.14. The predicted octanol–water partition coefficient (Wildman–Crippen LogP) is 1.07. The lowest BCUT2D eigenvalue weighted by Crippen LogP contribution is -2.47. The van der Waals surface area contributed by atoms with Gasteiger partial charge in [-0.25, -0.2) is 9.78 Å². The van der Waals surface area contributed by atoms with E-state index in [1.807, 2.05) is 20.0 Å². The summed E-state index contributed by atoms with van der Waals surface area (Å²) in [4.78, 5) is 28.3. The van der Waals surface area contributed by atoms with E-state index in [9.17, 15) is 9.59 Å². The molecule has 0 spiro atoms. The van der Waals surface area contributed by atoms with Crippen LogP contribution in [0.2, 0.25) is 0 Å². The van der Waals surface area contributed by atoms with Gasteiger partial charge < -0.3 is 16.0 Å². The summed E-state index contributed by atoms with van der Waals surface area (Å²) in [6.45, 7) is 2.56. The number of amides is 3. The number of nitrogens with zero attached hydrogens (tertiary/aromatic N) is 3. The molecule has 1 aliphatic rings. The fourth-order valence-corrected chi connectivity index (χ4v) is 2.78. The number of carbonyl (C=O) groups is 2. The van der Waals surface area contributed by atoms with Gasteiger partial charge in [-0.1, -0.05) is 0 Å². The summed E-state index contributed by atoms with van der Waals surface area (Å²) >= 11 is 0. The van der Waals surface area contributed by atoms with Crippen LogP contribution in [0.15, 0.2) is 12.3 Å². The summed E-state index contributed by atoms with van der Waals surface area (Å²) in [7, 11) is 1.83. The highest BCUT2D eigenvalue weighted by Crippen LogP contribution is 2.19. The van der Waals surface area contributed by atoms with Gasteiger partial charge in [-0.3, -0.25) is 9.48 Å². The minimum absolute atomic E-state index is 0.130. The number of aromatic nitrogens is 3. The Hall–Kier alpha value is -2.64. The third-order valence-electron chi connectivity index (χ3n) is 3.96. The molecule has 3 N–H and O–H groups in total. The Morgan fingerprint density at radius 1 is 1.43 bits per heavy atom. The molecule has 0 bridgehead atoms. The SMILES string of the molecule is Cc1nn(C)c2ncc(NC(=O)NC3CCCCNC3=O)cc12. The van der Waals surface area contributed by atoms with Gasteiger partial charge in [-0.2, -0.15) is 5.10 Å². The summed E-state index contributed by atoms with van der Waals surface area (Å²) < 4.78 is 1.70. The summed E-state index contributed by atoms with van der Waals surface area (Å²) in [6, 6.07) is 0.932. The molecule has 3 rings (SSSR count). The first-order valence-corrected chi connectivity index (χ1v) is 7.69. The zero-order valence-corrected chi connectivity index (χ0v) is 13.2. The van der Waals surface area contributed by atoms with Gasteiger partial charge in [0.1, 0.15) is 6.04 Å². The lowest BCUT2D eigenvalue weighted by Gasteiger charge is -2.15. The zero-order chi connectivity index (χ0) is 16.4. The highest BCUT2D eigenvalue weighted by Gasteiger charge is 2.22. The van der Waals surface area contributed by atoms with E-state index in [0.717, 1.165) is 29.6 Å². The van der Waals surface area contributed by atoms with Crippen LogP contribution in [-0.4, -0.2) is 39.3 Å². The van der Waals surface area contributed by atoms with Crippen LogP contribution < -0.4 is 16.0 Å². The molecule has 3 heterocycles. The maximum atomic E-state index is 12.1. The fourth-order valence-electron chi connectivity index (χ4n) is 2.78. The molecule has 1 aliphatic heterocycles. The normalized spacial score (nSPS) is 18.3. The van der Waals surface area contributed by atoms with E-state index in [1.54, 1.807) is 10.9 Å². The van der Waals surface area contributed by atoms with Gasteiger partial charge in [0.15, 0.2) is 5.65 Å². The number of aryl methyl sites for hydroxylation is 2. The molecule has 8 heteroatoms. The van der Waals surface area contributed by atoms with Gasteiger partial charge in [0, 0.05) is 19.0 Å². The maximum Gasteiger partial charge on any atom is 0.319 e. The third-order valence-corrected chi connectivity index (χ3v) is 3.96. The van der Waals surface area contributed by atoms with E-state index >= 15 is 0 Å². The molecule has 0 aromatic carbocycles. The highest BCUT2D eigenvalue weighted by molar-refractivity contribution is 5.95. The van der Waals surface area contributed by atoms with Crippen LogP contribution in [0.5, 0.6) is 0 Å². The van der Waals surface area contributed by atoms with Crippen LogP contribution in [0, 0.1) is 6.92 Å². The zero-order valence-electron chi connectivity index (χ0n) is 13.2. The van der Waals surface area contributed by atoms with Crippen LogP contribution in [0.3, 0.4) is 0 Å². The number of carbonyl (C=O) groups excluding carboxylic acids is 2. The predicted molar refractivity (Wildman–Crippen MR) is 86.0 cm³/mol. The average molecular weight is 316 g/mol. The molecular weight excluding hydrogens is 296 g/mol. The Morgan fingerprint density at radius 2 is 2.26 bits per heavy atom.